The van der Waals surface area contributed by atoms with Gasteiger partial charge in [0.15, 0.2) is 12.6 Å². The normalized spacial score (nSPS) is 36.4. The number of phosphoric ester groups is 1. The van der Waals surface area contributed by atoms with Crippen molar-refractivity contribution in [1.29, 1.82) is 0 Å². The Kier molecular flexibility index (Phi) is 34.8. The molecule has 380 valence electrons. The van der Waals surface area contributed by atoms with Crippen LogP contribution in [0.25, 0.3) is 0 Å². The van der Waals surface area contributed by atoms with E-state index in [-0.39, 0.29) is 48.9 Å². The molecule has 2 bridgehead atoms. The smallest absolute Gasteiger partial charge is 0.756 e. The van der Waals surface area contributed by atoms with Gasteiger partial charge in [-0.15, -0.1) is 0 Å². The van der Waals surface area contributed by atoms with E-state index in [2.05, 4.69) is 27.7 Å². The Hall–Kier alpha value is 0.710. The van der Waals surface area contributed by atoms with Gasteiger partial charge in [-0.2, -0.15) is 0 Å². The zero-order valence-electron chi connectivity index (χ0n) is 41.5. The Morgan fingerprint density at radius 2 is 1.11 bits per heavy atom. The minimum atomic E-state index is -4.94. The Labute approximate surface area is 416 Å². The Balaban J connectivity index is 0.0000145. The summed E-state index contributed by atoms with van der Waals surface area (Å²) < 4.78 is 51.6. The van der Waals surface area contributed by atoms with Gasteiger partial charge in [-0.1, -0.05) is 150 Å². The van der Waals surface area contributed by atoms with Crippen LogP contribution in [0.2, 0.25) is 0 Å². The first-order chi connectivity index (χ1) is 30.7. The third-order valence-corrected chi connectivity index (χ3v) is 14.6. The molecule has 3 rings (SSSR count). The van der Waals surface area contributed by atoms with Gasteiger partial charge in [0.05, 0.1) is 33.0 Å². The van der Waals surface area contributed by atoms with Crippen molar-refractivity contribution in [1.82, 2.24) is 0 Å². The van der Waals surface area contributed by atoms with Gasteiger partial charge < -0.3 is 58.6 Å². The van der Waals surface area contributed by atoms with E-state index in [4.69, 9.17) is 32.9 Å². The van der Waals surface area contributed by atoms with Gasteiger partial charge in [-0.3, -0.25) is 9.09 Å². The van der Waals surface area contributed by atoms with Crippen molar-refractivity contribution in [2.24, 2.45) is 35.5 Å². The van der Waals surface area contributed by atoms with Crippen LogP contribution in [-0.2, 0) is 37.5 Å². The summed E-state index contributed by atoms with van der Waals surface area (Å²) in [5, 5.41) is 40.2. The van der Waals surface area contributed by atoms with E-state index in [1.54, 1.807) is 0 Å². The fourth-order valence-electron chi connectivity index (χ4n) is 9.70. The topological polar surface area (TPSA) is 206 Å². The molecular weight excluding hydrogens is 866 g/mol. The van der Waals surface area contributed by atoms with E-state index in [1.165, 1.54) is 89.9 Å². The fraction of sp³-hybridized carbons (Fsp3) is 1.00. The largest absolute Gasteiger partial charge is 1.00 e. The molecule has 1 saturated carbocycles. The van der Waals surface area contributed by atoms with E-state index in [0.717, 1.165) is 76.0 Å². The molecule has 0 aromatic rings. The minimum absolute atomic E-state index is 0. The second-order valence-electron chi connectivity index (χ2n) is 20.3. The van der Waals surface area contributed by atoms with Crippen LogP contribution in [0.3, 0.4) is 0 Å². The van der Waals surface area contributed by atoms with Crippen LogP contribution in [0, 0.1) is 35.5 Å². The van der Waals surface area contributed by atoms with Crippen LogP contribution in [0.5, 0.6) is 0 Å². The van der Waals surface area contributed by atoms with Crippen LogP contribution in [0.4, 0.5) is 0 Å². The molecule has 3 aliphatic rings. The second kappa shape index (κ2) is 36.6. The molecule has 2 saturated heterocycles. The van der Waals surface area contributed by atoms with Gasteiger partial charge in [0, 0.05) is 19.8 Å². The first-order valence-electron chi connectivity index (χ1n) is 25.8. The number of aliphatic hydroxyl groups is 4. The van der Waals surface area contributed by atoms with Crippen molar-refractivity contribution >= 4 is 7.82 Å². The average molecular weight is 961 g/mol. The maximum absolute atomic E-state index is 11.5. The molecule has 0 aromatic heterocycles. The van der Waals surface area contributed by atoms with Crippen molar-refractivity contribution in [3.05, 3.63) is 0 Å². The van der Waals surface area contributed by atoms with Crippen molar-refractivity contribution in [2.75, 3.05) is 52.9 Å². The molecule has 0 amide bonds. The van der Waals surface area contributed by atoms with Crippen LogP contribution < -0.4 is 34.5 Å². The number of hydrogen-bond donors (Lipinski definition) is 5. The maximum atomic E-state index is 11.5. The van der Waals surface area contributed by atoms with Gasteiger partial charge in [0.2, 0.25) is 0 Å². The maximum Gasteiger partial charge on any atom is 1.00 e. The standard InChI is InChI=1S/C49H95O14P.Na/c1-37-16-14-18-39(3)26-30-59-43(35-61-49-47(53)46(52)48(62-49)44(51)33-50)34-57-28-13-9-7-11-21-42-25-24-41(32-42)20-10-6-5-8-12-29-58-36-45(63-64(54,55)56)60-31-27-40(4)19-15-17-38(2)23-22-37;/h37-53H,5-36H2,1-4H3,(H2,54,55,56);/q;+1/p-1/t37?,38?,39-,40-,41+,42+,43+,44-,45+,46-,47-,48+,49-;/m1./s1. The Morgan fingerprint density at radius 1 is 0.615 bits per heavy atom. The summed E-state index contributed by atoms with van der Waals surface area (Å²) in [7, 11) is -4.94. The number of hydrogen-bond acceptors (Lipinski definition) is 13. The second-order valence-corrected chi connectivity index (χ2v) is 21.4. The number of fused-ring (bicyclic) bond motifs is 2. The van der Waals surface area contributed by atoms with Crippen LogP contribution in [-0.4, -0.2) is 121 Å². The van der Waals surface area contributed by atoms with Gasteiger partial charge in [-0.05, 0) is 67.6 Å². The van der Waals surface area contributed by atoms with Crippen molar-refractivity contribution in [3.63, 3.8) is 0 Å². The van der Waals surface area contributed by atoms with E-state index in [0.29, 0.717) is 56.7 Å². The third kappa shape index (κ3) is 29.0. The van der Waals surface area contributed by atoms with Gasteiger partial charge in [-0.25, -0.2) is 0 Å². The van der Waals surface area contributed by atoms with Gasteiger partial charge >= 0.3 is 29.6 Å². The molecule has 2 aliphatic heterocycles. The van der Waals surface area contributed by atoms with E-state index in [1.807, 2.05) is 0 Å². The molecule has 0 aromatic carbocycles. The van der Waals surface area contributed by atoms with Crippen molar-refractivity contribution in [2.45, 2.75) is 225 Å². The molecule has 65 heavy (non-hydrogen) atoms. The van der Waals surface area contributed by atoms with Gasteiger partial charge in [0.25, 0.3) is 7.82 Å². The molecule has 0 spiro atoms. The minimum Gasteiger partial charge on any atom is -0.756 e. The average Bonchev–Trinajstić information content (AvgIpc) is 3.82. The summed E-state index contributed by atoms with van der Waals surface area (Å²) in [5.74, 6) is 3.95. The molecule has 2 heterocycles. The van der Waals surface area contributed by atoms with Gasteiger partial charge in [0.1, 0.15) is 30.5 Å². The summed E-state index contributed by atoms with van der Waals surface area (Å²) in [6.45, 7) is 11.0. The molecule has 3 unspecified atom stereocenters. The summed E-state index contributed by atoms with van der Waals surface area (Å²) >= 11 is 0. The fourth-order valence-corrected chi connectivity index (χ4v) is 10.1. The number of ether oxygens (including phenoxy) is 6. The molecule has 16 heteroatoms. The van der Waals surface area contributed by atoms with E-state index >= 15 is 0 Å². The first kappa shape index (κ1) is 61.8. The molecule has 1 aliphatic carbocycles. The van der Waals surface area contributed by atoms with E-state index in [9.17, 15) is 34.8 Å². The molecule has 5 N–H and O–H groups in total. The predicted molar refractivity (Wildman–Crippen MR) is 246 cm³/mol. The van der Waals surface area contributed by atoms with E-state index < -0.39 is 51.4 Å². The summed E-state index contributed by atoms with van der Waals surface area (Å²) in [5.41, 5.74) is 0. The third-order valence-electron chi connectivity index (χ3n) is 14.1. The summed E-state index contributed by atoms with van der Waals surface area (Å²) in [4.78, 5) is 20.8. The summed E-state index contributed by atoms with van der Waals surface area (Å²) in [6.07, 6.45) is 20.0. The summed E-state index contributed by atoms with van der Waals surface area (Å²) in [6, 6.07) is 0. The number of aliphatic hydroxyl groups excluding tert-OH is 4. The van der Waals surface area contributed by atoms with Crippen LogP contribution >= 0.6 is 7.82 Å². The zero-order valence-corrected chi connectivity index (χ0v) is 44.4. The quantitative estimate of drug-likeness (QED) is 0.164. The molecule has 3 fully saturated rings. The van der Waals surface area contributed by atoms with Crippen molar-refractivity contribution < 1.29 is 97.3 Å². The molecule has 14 atom stereocenters. The Bertz CT molecular complexity index is 1190. The SMILES string of the molecule is CC1CCC[C@@H](C)CCO[C@H](CO[C@@H]2O[C@@H]([C@H](O)CO)[C@H](O)[C@H]2O)COCCCCCC[C@H]2CC[C@H](CCCCCCCOC[C@H](OP(=O)([O-])O)OCC[C@H](C)CCCC(C)CC1)C2.[Na+]. The predicted octanol–water partition coefficient (Wildman–Crippen LogP) is 5.21. The number of phosphoric acid groups is 1. The monoisotopic (exact) mass is 961 g/mol. The molecular formula is C49H94NaO14P. The van der Waals surface area contributed by atoms with Crippen LogP contribution in [0.15, 0.2) is 0 Å². The zero-order chi connectivity index (χ0) is 46.6. The first-order valence-corrected chi connectivity index (χ1v) is 27.3. The van der Waals surface area contributed by atoms with Crippen LogP contribution in [0.1, 0.15) is 182 Å². The molecule has 14 nitrogen and oxygen atoms in total. The Morgan fingerprint density at radius 3 is 1.65 bits per heavy atom. The number of rotatable bonds is 7. The van der Waals surface area contributed by atoms with Crippen molar-refractivity contribution in [3.8, 4) is 0 Å². The molecule has 0 radical (unpaired) electrons.